The van der Waals surface area contributed by atoms with E-state index in [0.29, 0.717) is 10.8 Å². The zero-order chi connectivity index (χ0) is 10.7. The molecule has 0 radical (unpaired) electrons. The van der Waals surface area contributed by atoms with Crippen molar-refractivity contribution in [1.29, 1.82) is 5.41 Å². The van der Waals surface area contributed by atoms with Gasteiger partial charge in [-0.2, -0.15) is 0 Å². The number of pyridine rings is 1. The van der Waals surface area contributed by atoms with Gasteiger partial charge in [0.15, 0.2) is 0 Å². The summed E-state index contributed by atoms with van der Waals surface area (Å²) >= 11 is 1.31. The predicted octanol–water partition coefficient (Wildman–Crippen LogP) is 1.50. The molecule has 0 aliphatic rings. The number of hydrogen-bond donors (Lipinski definition) is 2. The van der Waals surface area contributed by atoms with E-state index >= 15 is 0 Å². The normalized spacial score (nSPS) is 10.1. The Hall–Kier alpha value is -1.82. The molecule has 15 heavy (non-hydrogen) atoms. The van der Waals surface area contributed by atoms with Crippen molar-refractivity contribution >= 4 is 17.6 Å². The molecule has 76 valence electrons. The molecule has 0 atom stereocenters. The van der Waals surface area contributed by atoms with E-state index in [-0.39, 0.29) is 5.84 Å². The van der Waals surface area contributed by atoms with Crippen LogP contribution in [0.3, 0.4) is 0 Å². The van der Waals surface area contributed by atoms with Gasteiger partial charge in [0, 0.05) is 11.8 Å². The summed E-state index contributed by atoms with van der Waals surface area (Å²) in [6.07, 6.45) is 4.63. The number of nitrogens with zero attached hydrogens (tertiary/aromatic N) is 2. The number of rotatable bonds is 3. The van der Waals surface area contributed by atoms with Crippen LogP contribution in [0.1, 0.15) is 5.56 Å². The summed E-state index contributed by atoms with van der Waals surface area (Å²) < 4.78 is 5.06. The van der Waals surface area contributed by atoms with Crippen LogP contribution in [0.4, 0.5) is 0 Å². The number of hydrogen-bond acceptors (Lipinski definition) is 5. The summed E-state index contributed by atoms with van der Waals surface area (Å²) in [6.45, 7) is 0. The number of aromatic nitrogens is 2. The lowest BCUT2D eigenvalue weighted by Gasteiger charge is -1.98. The Morgan fingerprint density at radius 2 is 2.27 bits per heavy atom. The molecular formula is C9H8N4OS. The van der Waals surface area contributed by atoms with E-state index < -0.39 is 0 Å². The molecule has 2 aromatic heterocycles. The predicted molar refractivity (Wildman–Crippen MR) is 55.9 cm³/mol. The minimum Gasteiger partial charge on any atom is -0.440 e. The highest BCUT2D eigenvalue weighted by atomic mass is 32.2. The molecule has 5 nitrogen and oxygen atoms in total. The maximum absolute atomic E-state index is 7.20. The first-order chi connectivity index (χ1) is 7.25. The van der Waals surface area contributed by atoms with Gasteiger partial charge in [-0.05, 0) is 23.9 Å². The van der Waals surface area contributed by atoms with Gasteiger partial charge in [-0.3, -0.25) is 5.41 Å². The standard InChI is InChI=1S/C9H8N4OS/c10-8(11)6-1-2-7(13-5-6)15-9-12-3-4-14-9/h1-5H,(H3,10,11). The van der Waals surface area contributed by atoms with Crippen molar-refractivity contribution in [1.82, 2.24) is 9.97 Å². The number of nitrogens with two attached hydrogens (primary N) is 1. The van der Waals surface area contributed by atoms with Gasteiger partial charge in [0.25, 0.3) is 5.22 Å². The van der Waals surface area contributed by atoms with Crippen molar-refractivity contribution in [3.05, 3.63) is 36.4 Å². The number of nitrogens with one attached hydrogen (secondary N) is 1. The van der Waals surface area contributed by atoms with Crippen LogP contribution in [-0.4, -0.2) is 15.8 Å². The molecule has 0 spiro atoms. The topological polar surface area (TPSA) is 88.8 Å². The lowest BCUT2D eigenvalue weighted by molar-refractivity contribution is 0.454. The molecule has 0 saturated heterocycles. The summed E-state index contributed by atoms with van der Waals surface area (Å²) in [4.78, 5) is 8.08. The van der Waals surface area contributed by atoms with E-state index in [2.05, 4.69) is 9.97 Å². The summed E-state index contributed by atoms with van der Waals surface area (Å²) in [7, 11) is 0. The van der Waals surface area contributed by atoms with Crippen LogP contribution in [0.25, 0.3) is 0 Å². The summed E-state index contributed by atoms with van der Waals surface area (Å²) in [5.41, 5.74) is 5.91. The number of nitrogen functional groups attached to an aromatic ring is 1. The minimum atomic E-state index is 0.00942. The maximum atomic E-state index is 7.20. The lowest BCUT2D eigenvalue weighted by Crippen LogP contribution is -2.10. The van der Waals surface area contributed by atoms with Gasteiger partial charge in [-0.25, -0.2) is 9.97 Å². The van der Waals surface area contributed by atoms with Crippen molar-refractivity contribution in [2.45, 2.75) is 10.2 Å². The maximum Gasteiger partial charge on any atom is 0.261 e. The Labute approximate surface area is 90.2 Å². The highest BCUT2D eigenvalue weighted by Gasteiger charge is 2.03. The molecule has 2 rings (SSSR count). The molecule has 0 amide bonds. The summed E-state index contributed by atoms with van der Waals surface area (Å²) in [6, 6.07) is 3.51. The largest absolute Gasteiger partial charge is 0.440 e. The Morgan fingerprint density at radius 3 is 2.80 bits per heavy atom. The van der Waals surface area contributed by atoms with Crippen molar-refractivity contribution in [2.75, 3.05) is 0 Å². The van der Waals surface area contributed by atoms with Gasteiger partial charge >= 0.3 is 0 Å². The van der Waals surface area contributed by atoms with Crippen LogP contribution in [0.5, 0.6) is 0 Å². The fraction of sp³-hybridized carbons (Fsp3) is 0. The molecule has 0 aromatic carbocycles. The van der Waals surface area contributed by atoms with Gasteiger partial charge in [0.05, 0.1) is 6.20 Å². The van der Waals surface area contributed by atoms with Gasteiger partial charge in [-0.15, -0.1) is 0 Å². The fourth-order valence-electron chi connectivity index (χ4n) is 0.950. The zero-order valence-electron chi connectivity index (χ0n) is 7.68. The van der Waals surface area contributed by atoms with Gasteiger partial charge in [0.2, 0.25) is 0 Å². The van der Waals surface area contributed by atoms with E-state index in [1.807, 2.05) is 0 Å². The molecule has 6 heteroatoms. The molecular weight excluding hydrogens is 212 g/mol. The first-order valence-electron chi connectivity index (χ1n) is 4.13. The van der Waals surface area contributed by atoms with E-state index in [9.17, 15) is 0 Å². The third-order valence-electron chi connectivity index (χ3n) is 1.65. The van der Waals surface area contributed by atoms with Crippen LogP contribution in [-0.2, 0) is 0 Å². The SMILES string of the molecule is N=C(N)c1ccc(Sc2ncco2)nc1. The second-order valence-electron chi connectivity index (χ2n) is 2.70. The second-order valence-corrected chi connectivity index (χ2v) is 3.67. The summed E-state index contributed by atoms with van der Waals surface area (Å²) in [5, 5.41) is 8.49. The minimum absolute atomic E-state index is 0.00942. The van der Waals surface area contributed by atoms with E-state index in [1.54, 1.807) is 24.5 Å². The van der Waals surface area contributed by atoms with Crippen molar-refractivity contribution in [3.63, 3.8) is 0 Å². The van der Waals surface area contributed by atoms with E-state index in [0.717, 1.165) is 5.03 Å². The third kappa shape index (κ3) is 2.35. The molecule has 0 aliphatic carbocycles. The highest BCUT2D eigenvalue weighted by Crippen LogP contribution is 2.23. The average molecular weight is 220 g/mol. The van der Waals surface area contributed by atoms with Gasteiger partial charge < -0.3 is 10.2 Å². The molecule has 2 aromatic rings. The van der Waals surface area contributed by atoms with Crippen molar-refractivity contribution in [3.8, 4) is 0 Å². The van der Waals surface area contributed by atoms with Gasteiger partial charge in [-0.1, -0.05) is 0 Å². The molecule has 0 aliphatic heterocycles. The van der Waals surface area contributed by atoms with Crippen LogP contribution >= 0.6 is 11.8 Å². The van der Waals surface area contributed by atoms with Crippen LogP contribution in [0.2, 0.25) is 0 Å². The Bertz CT molecular complexity index is 451. The van der Waals surface area contributed by atoms with Crippen molar-refractivity contribution in [2.24, 2.45) is 5.73 Å². The van der Waals surface area contributed by atoms with Crippen LogP contribution in [0.15, 0.2) is 45.5 Å². The lowest BCUT2D eigenvalue weighted by atomic mass is 10.3. The highest BCUT2D eigenvalue weighted by molar-refractivity contribution is 7.99. The molecule has 2 heterocycles. The third-order valence-corrected chi connectivity index (χ3v) is 2.48. The smallest absolute Gasteiger partial charge is 0.261 e. The van der Waals surface area contributed by atoms with E-state index in [4.69, 9.17) is 15.6 Å². The monoisotopic (exact) mass is 220 g/mol. The Morgan fingerprint density at radius 1 is 1.40 bits per heavy atom. The first-order valence-corrected chi connectivity index (χ1v) is 4.95. The van der Waals surface area contributed by atoms with Crippen LogP contribution < -0.4 is 5.73 Å². The van der Waals surface area contributed by atoms with Crippen LogP contribution in [0, 0.1) is 5.41 Å². The molecule has 0 bridgehead atoms. The quantitative estimate of drug-likeness (QED) is 0.604. The Balaban J connectivity index is 2.14. The summed E-state index contributed by atoms with van der Waals surface area (Å²) in [5.74, 6) is 0.00942. The first kappa shape index (κ1) is 9.72. The fourth-order valence-corrected chi connectivity index (χ4v) is 1.59. The number of oxazole rings is 1. The Kier molecular flexibility index (Phi) is 2.68. The second kappa shape index (κ2) is 4.14. The van der Waals surface area contributed by atoms with Crippen molar-refractivity contribution < 1.29 is 4.42 Å². The van der Waals surface area contributed by atoms with E-state index in [1.165, 1.54) is 18.0 Å². The molecule has 0 unspecified atom stereocenters. The average Bonchev–Trinajstić information content (AvgIpc) is 2.71. The zero-order valence-corrected chi connectivity index (χ0v) is 8.49. The molecule has 0 saturated carbocycles. The number of amidine groups is 1. The molecule has 3 N–H and O–H groups in total. The van der Waals surface area contributed by atoms with Gasteiger partial charge in [0.1, 0.15) is 17.1 Å². The molecule has 0 fully saturated rings.